The second-order valence-corrected chi connectivity index (χ2v) is 7.01. The van der Waals surface area contributed by atoms with Crippen molar-refractivity contribution >= 4 is 63.7 Å². The topological polar surface area (TPSA) is 42.5 Å². The first-order valence-corrected chi connectivity index (χ1v) is 8.84. The van der Waals surface area contributed by atoms with Crippen molar-refractivity contribution in [2.75, 3.05) is 0 Å². The molecule has 0 aliphatic heterocycles. The van der Waals surface area contributed by atoms with Gasteiger partial charge in [0.2, 0.25) is 0 Å². The lowest BCUT2D eigenvalue weighted by atomic mass is 10.1. The fourth-order valence-corrected chi connectivity index (χ4v) is 2.97. The Kier molecular flexibility index (Phi) is 5.54. The van der Waals surface area contributed by atoms with Gasteiger partial charge in [0.25, 0.3) is 0 Å². The molecule has 0 N–H and O–H groups in total. The second kappa shape index (κ2) is 7.66. The molecule has 0 saturated carbocycles. The minimum Gasteiger partial charge on any atom is -0.218 e. The third-order valence-corrected chi connectivity index (χ3v) is 4.67. The van der Waals surface area contributed by atoms with E-state index in [0.29, 0.717) is 31.4 Å². The third-order valence-electron chi connectivity index (χ3n) is 3.50. The summed E-state index contributed by atoms with van der Waals surface area (Å²) in [6.45, 7) is 1.86. The summed E-state index contributed by atoms with van der Waals surface area (Å²) in [5.74, 6) is 0. The van der Waals surface area contributed by atoms with Gasteiger partial charge in [-0.2, -0.15) is 5.10 Å². The lowest BCUT2D eigenvalue weighted by molar-refractivity contribution is 0.928. The van der Waals surface area contributed by atoms with Crippen LogP contribution in [-0.2, 0) is 0 Å². The molecule has 0 spiro atoms. The number of aromatic nitrogens is 2. The zero-order valence-corrected chi connectivity index (χ0v) is 16.2. The molecular formula is C17H12Cl2N4S2. The van der Waals surface area contributed by atoms with Crippen molar-refractivity contribution in [1.82, 2.24) is 9.78 Å². The normalized spacial score (nSPS) is 11.2. The van der Waals surface area contributed by atoms with Gasteiger partial charge in [0.15, 0.2) is 4.32 Å². The van der Waals surface area contributed by atoms with E-state index in [1.807, 2.05) is 37.3 Å². The fourth-order valence-electron chi connectivity index (χ4n) is 2.26. The van der Waals surface area contributed by atoms with Crippen LogP contribution in [0.3, 0.4) is 0 Å². The number of thiocarbonyl (C=S) groups is 1. The van der Waals surface area contributed by atoms with Crippen molar-refractivity contribution in [3.05, 3.63) is 64.3 Å². The van der Waals surface area contributed by atoms with E-state index in [9.17, 15) is 0 Å². The molecule has 0 atom stereocenters. The number of benzene rings is 2. The Morgan fingerprint density at radius 2 is 1.80 bits per heavy atom. The van der Waals surface area contributed by atoms with Crippen LogP contribution in [0.15, 0.2) is 58.8 Å². The van der Waals surface area contributed by atoms with Gasteiger partial charge in [-0.15, -0.1) is 22.9 Å². The van der Waals surface area contributed by atoms with Crippen molar-refractivity contribution in [1.29, 1.82) is 0 Å². The van der Waals surface area contributed by atoms with Gasteiger partial charge < -0.3 is 0 Å². The van der Waals surface area contributed by atoms with E-state index in [2.05, 4.69) is 28.0 Å². The molecule has 126 valence electrons. The third kappa shape index (κ3) is 3.77. The van der Waals surface area contributed by atoms with Gasteiger partial charge in [-0.1, -0.05) is 71.8 Å². The molecule has 0 fully saturated rings. The predicted molar refractivity (Wildman–Crippen MR) is 110 cm³/mol. The van der Waals surface area contributed by atoms with E-state index in [-0.39, 0.29) is 0 Å². The van der Waals surface area contributed by atoms with Crippen LogP contribution in [0.4, 0.5) is 11.4 Å². The van der Waals surface area contributed by atoms with E-state index in [1.54, 1.807) is 22.9 Å². The lowest BCUT2D eigenvalue weighted by Crippen LogP contribution is -2.05. The highest BCUT2D eigenvalue weighted by molar-refractivity contribution is 8.11. The number of nitrogens with zero attached hydrogens (tertiary/aromatic N) is 4. The first-order valence-electron chi connectivity index (χ1n) is 7.23. The average Bonchev–Trinajstić information content (AvgIpc) is 2.94. The van der Waals surface area contributed by atoms with Gasteiger partial charge in [-0.25, -0.2) is 4.68 Å². The molecule has 2 aromatic carbocycles. The van der Waals surface area contributed by atoms with Gasteiger partial charge in [-0.3, -0.25) is 0 Å². The van der Waals surface area contributed by atoms with Crippen LogP contribution in [0.2, 0.25) is 10.0 Å². The maximum atomic E-state index is 6.17. The Balaban J connectivity index is 2.13. The van der Waals surface area contributed by atoms with Crippen LogP contribution in [0.5, 0.6) is 0 Å². The minimum atomic E-state index is 0.330. The molecule has 3 rings (SSSR count). The smallest absolute Gasteiger partial charge is 0.158 e. The molecule has 0 unspecified atom stereocenters. The maximum Gasteiger partial charge on any atom is 0.158 e. The molecular weight excluding hydrogens is 395 g/mol. The predicted octanol–water partition coefficient (Wildman–Crippen LogP) is 6.64. The molecule has 4 nitrogen and oxygen atoms in total. The SMILES string of the molecule is Cc1c(N=Nc2cccc(Cl)c2Cl)c(-c2ccccc2)nn1C(=S)S. The first-order chi connectivity index (χ1) is 12.0. The summed E-state index contributed by atoms with van der Waals surface area (Å²) in [4.78, 5) is 0. The van der Waals surface area contributed by atoms with Crippen LogP contribution in [0.1, 0.15) is 5.69 Å². The molecule has 0 aliphatic carbocycles. The van der Waals surface area contributed by atoms with Crippen LogP contribution < -0.4 is 0 Å². The fraction of sp³-hybridized carbons (Fsp3) is 0.0588. The van der Waals surface area contributed by atoms with Crippen LogP contribution in [0, 0.1) is 6.92 Å². The summed E-state index contributed by atoms with van der Waals surface area (Å²) >= 11 is 21.6. The Labute approximate surface area is 165 Å². The van der Waals surface area contributed by atoms with Crippen molar-refractivity contribution in [2.45, 2.75) is 6.92 Å². The Morgan fingerprint density at radius 3 is 2.48 bits per heavy atom. The first kappa shape index (κ1) is 18.1. The quantitative estimate of drug-likeness (QED) is 0.300. The summed E-state index contributed by atoms with van der Waals surface area (Å²) in [6, 6.07) is 14.9. The molecule has 8 heteroatoms. The van der Waals surface area contributed by atoms with Crippen LogP contribution in [0.25, 0.3) is 11.3 Å². The Hall–Kier alpha value is -1.73. The Morgan fingerprint density at radius 1 is 1.08 bits per heavy atom. The number of rotatable bonds is 3. The van der Waals surface area contributed by atoms with Crippen LogP contribution >= 0.6 is 48.0 Å². The lowest BCUT2D eigenvalue weighted by Gasteiger charge is -2.00. The largest absolute Gasteiger partial charge is 0.218 e. The van der Waals surface area contributed by atoms with Gasteiger partial charge in [0.05, 0.1) is 15.7 Å². The Bertz CT molecular complexity index is 968. The van der Waals surface area contributed by atoms with E-state index >= 15 is 0 Å². The highest BCUT2D eigenvalue weighted by Gasteiger charge is 2.17. The van der Waals surface area contributed by atoms with Gasteiger partial charge in [-0.05, 0) is 19.1 Å². The number of hydrogen-bond donors (Lipinski definition) is 1. The number of halogens is 2. The van der Waals surface area contributed by atoms with E-state index in [1.165, 1.54) is 0 Å². The van der Waals surface area contributed by atoms with Gasteiger partial charge in [0, 0.05) is 5.56 Å². The molecule has 3 aromatic rings. The molecule has 0 bridgehead atoms. The van der Waals surface area contributed by atoms with E-state index < -0.39 is 0 Å². The molecule has 0 aliphatic rings. The number of thiol groups is 1. The van der Waals surface area contributed by atoms with Crippen molar-refractivity contribution in [3.63, 3.8) is 0 Å². The zero-order valence-electron chi connectivity index (χ0n) is 13.0. The summed E-state index contributed by atoms with van der Waals surface area (Å²) in [7, 11) is 0. The summed E-state index contributed by atoms with van der Waals surface area (Å²) in [5, 5.41) is 13.9. The summed E-state index contributed by atoms with van der Waals surface area (Å²) < 4.78 is 1.88. The summed E-state index contributed by atoms with van der Waals surface area (Å²) in [5.41, 5.74) is 3.38. The standard InChI is InChI=1S/C17H12Cl2N4S2/c1-10-15(21-20-13-9-5-8-12(18)14(13)19)16(22-23(10)17(24)25)11-6-3-2-4-7-11/h2-9H,1H3,(H,24,25). The highest BCUT2D eigenvalue weighted by Crippen LogP contribution is 2.36. The number of hydrogen-bond acceptors (Lipinski definition) is 4. The average molecular weight is 407 g/mol. The maximum absolute atomic E-state index is 6.17. The van der Waals surface area contributed by atoms with Gasteiger partial charge >= 0.3 is 0 Å². The van der Waals surface area contributed by atoms with Gasteiger partial charge in [0.1, 0.15) is 17.1 Å². The van der Waals surface area contributed by atoms with E-state index in [0.717, 1.165) is 11.3 Å². The molecule has 25 heavy (non-hydrogen) atoms. The number of azo groups is 1. The van der Waals surface area contributed by atoms with Crippen LogP contribution in [-0.4, -0.2) is 14.1 Å². The van der Waals surface area contributed by atoms with Crippen molar-refractivity contribution < 1.29 is 0 Å². The summed E-state index contributed by atoms with van der Waals surface area (Å²) in [6.07, 6.45) is 0. The molecule has 1 aromatic heterocycles. The molecule has 0 saturated heterocycles. The zero-order chi connectivity index (χ0) is 18.0. The van der Waals surface area contributed by atoms with Crippen molar-refractivity contribution in [2.24, 2.45) is 10.2 Å². The molecule has 0 amide bonds. The van der Waals surface area contributed by atoms with Crippen molar-refractivity contribution in [3.8, 4) is 11.3 Å². The molecule has 0 radical (unpaired) electrons. The highest BCUT2D eigenvalue weighted by atomic mass is 35.5. The second-order valence-electron chi connectivity index (χ2n) is 5.12. The van der Waals surface area contributed by atoms with E-state index in [4.69, 9.17) is 35.4 Å². The molecule has 1 heterocycles. The monoisotopic (exact) mass is 406 g/mol. The minimum absolute atomic E-state index is 0.330.